The number of benzene rings is 2. The first-order valence-electron chi connectivity index (χ1n) is 9.86. The fourth-order valence-electron chi connectivity index (χ4n) is 3.96. The number of carbonyl (C=O) groups is 2. The Morgan fingerprint density at radius 3 is 1.59 bits per heavy atom. The molecule has 0 saturated heterocycles. The van der Waals surface area contributed by atoms with Crippen LogP contribution < -0.4 is 4.74 Å². The SMILES string of the molecule is COC(=O)C1(C(=O)OC)CC(c2ccc(OC(F)(F)F)cc2)=C(c2ccc(S(C)(=O)=O)cc2)C1. The lowest BCUT2D eigenvalue weighted by Gasteiger charge is -2.23. The van der Waals surface area contributed by atoms with Crippen LogP contribution in [0.1, 0.15) is 24.0 Å². The van der Waals surface area contributed by atoms with Crippen molar-refractivity contribution in [3.63, 3.8) is 0 Å². The number of sulfone groups is 1. The van der Waals surface area contributed by atoms with E-state index in [4.69, 9.17) is 9.47 Å². The van der Waals surface area contributed by atoms with Gasteiger partial charge in [0.05, 0.1) is 19.1 Å². The van der Waals surface area contributed by atoms with Crippen molar-refractivity contribution >= 4 is 32.9 Å². The normalized spacial score (nSPS) is 15.7. The molecule has 0 unspecified atom stereocenters. The number of halogens is 3. The number of allylic oxidation sites excluding steroid dienone is 2. The van der Waals surface area contributed by atoms with E-state index >= 15 is 0 Å². The predicted molar refractivity (Wildman–Crippen MR) is 115 cm³/mol. The van der Waals surface area contributed by atoms with Crippen LogP contribution >= 0.6 is 0 Å². The van der Waals surface area contributed by atoms with Gasteiger partial charge in [-0.2, -0.15) is 0 Å². The molecule has 2 aromatic carbocycles. The van der Waals surface area contributed by atoms with Gasteiger partial charge in [-0.25, -0.2) is 8.42 Å². The van der Waals surface area contributed by atoms with Gasteiger partial charge in [0.2, 0.25) is 0 Å². The van der Waals surface area contributed by atoms with Gasteiger partial charge in [-0.15, -0.1) is 13.2 Å². The Morgan fingerprint density at radius 2 is 1.24 bits per heavy atom. The summed E-state index contributed by atoms with van der Waals surface area (Å²) >= 11 is 0. The quantitative estimate of drug-likeness (QED) is 0.438. The molecule has 0 saturated carbocycles. The fourth-order valence-corrected chi connectivity index (χ4v) is 4.59. The summed E-state index contributed by atoms with van der Waals surface area (Å²) in [5, 5.41) is 0. The van der Waals surface area contributed by atoms with Crippen LogP contribution in [-0.2, 0) is 28.9 Å². The van der Waals surface area contributed by atoms with E-state index in [-0.39, 0.29) is 17.7 Å². The number of hydrogen-bond donors (Lipinski definition) is 0. The van der Waals surface area contributed by atoms with Crippen LogP contribution in [0.2, 0.25) is 0 Å². The molecule has 0 spiro atoms. The Kier molecular flexibility index (Phi) is 6.79. The first kappa shape index (κ1) is 25.3. The van der Waals surface area contributed by atoms with Crippen LogP contribution in [0.5, 0.6) is 5.75 Å². The molecule has 3 rings (SSSR count). The lowest BCUT2D eigenvalue weighted by molar-refractivity contribution is -0.274. The van der Waals surface area contributed by atoms with Crippen molar-refractivity contribution in [1.82, 2.24) is 0 Å². The number of carbonyl (C=O) groups excluding carboxylic acids is 2. The van der Waals surface area contributed by atoms with Gasteiger partial charge in [0.15, 0.2) is 15.3 Å². The minimum absolute atomic E-state index is 0.0808. The Labute approximate surface area is 194 Å². The highest BCUT2D eigenvalue weighted by Gasteiger charge is 2.53. The van der Waals surface area contributed by atoms with Crippen molar-refractivity contribution in [3.05, 3.63) is 59.7 Å². The molecule has 34 heavy (non-hydrogen) atoms. The van der Waals surface area contributed by atoms with Crippen LogP contribution in [0, 0.1) is 5.41 Å². The molecule has 0 bridgehead atoms. The second-order valence-electron chi connectivity index (χ2n) is 7.74. The fraction of sp³-hybridized carbons (Fsp3) is 0.304. The molecule has 11 heteroatoms. The zero-order valence-corrected chi connectivity index (χ0v) is 19.2. The van der Waals surface area contributed by atoms with Crippen molar-refractivity contribution in [1.29, 1.82) is 0 Å². The van der Waals surface area contributed by atoms with Crippen LogP contribution in [0.3, 0.4) is 0 Å². The van der Waals surface area contributed by atoms with E-state index in [9.17, 15) is 31.2 Å². The third-order valence-corrected chi connectivity index (χ3v) is 6.67. The van der Waals surface area contributed by atoms with Crippen molar-refractivity contribution in [2.24, 2.45) is 5.41 Å². The molecule has 0 radical (unpaired) electrons. The minimum Gasteiger partial charge on any atom is -0.468 e. The van der Waals surface area contributed by atoms with Crippen LogP contribution in [-0.4, -0.2) is 47.2 Å². The van der Waals surface area contributed by atoms with E-state index in [2.05, 4.69) is 4.74 Å². The largest absolute Gasteiger partial charge is 0.573 e. The molecule has 0 N–H and O–H groups in total. The van der Waals surface area contributed by atoms with Crippen LogP contribution in [0.15, 0.2) is 53.4 Å². The minimum atomic E-state index is -4.86. The molecule has 2 aromatic rings. The van der Waals surface area contributed by atoms with E-state index in [0.29, 0.717) is 22.3 Å². The predicted octanol–water partition coefficient (Wildman–Crippen LogP) is 4.03. The highest BCUT2D eigenvalue weighted by molar-refractivity contribution is 7.90. The Hall–Kier alpha value is -3.34. The van der Waals surface area contributed by atoms with E-state index in [1.54, 1.807) is 0 Å². The van der Waals surface area contributed by atoms with Crippen molar-refractivity contribution in [2.45, 2.75) is 24.1 Å². The van der Waals surface area contributed by atoms with E-state index in [1.165, 1.54) is 36.4 Å². The van der Waals surface area contributed by atoms with Gasteiger partial charge in [-0.05, 0) is 46.5 Å². The topological polar surface area (TPSA) is 96.0 Å². The highest BCUT2D eigenvalue weighted by Crippen LogP contribution is 2.51. The summed E-state index contributed by atoms with van der Waals surface area (Å²) in [4.78, 5) is 25.5. The summed E-state index contributed by atoms with van der Waals surface area (Å²) in [6, 6.07) is 10.9. The lowest BCUT2D eigenvalue weighted by Crippen LogP contribution is -2.39. The summed E-state index contributed by atoms with van der Waals surface area (Å²) in [7, 11) is -1.19. The number of ether oxygens (including phenoxy) is 3. The second-order valence-corrected chi connectivity index (χ2v) is 9.76. The molecule has 0 aromatic heterocycles. The highest BCUT2D eigenvalue weighted by atomic mass is 32.2. The zero-order valence-electron chi connectivity index (χ0n) is 18.4. The number of methoxy groups -OCH3 is 2. The number of rotatable bonds is 6. The maximum absolute atomic E-state index is 12.7. The number of alkyl halides is 3. The monoisotopic (exact) mass is 498 g/mol. The molecular formula is C23H21F3O7S. The van der Waals surface area contributed by atoms with Gasteiger partial charge >= 0.3 is 18.3 Å². The molecule has 1 aliphatic carbocycles. The van der Waals surface area contributed by atoms with Gasteiger partial charge in [-0.1, -0.05) is 24.3 Å². The van der Waals surface area contributed by atoms with Crippen LogP contribution in [0.25, 0.3) is 11.1 Å². The maximum Gasteiger partial charge on any atom is 0.573 e. The van der Waals surface area contributed by atoms with Gasteiger partial charge in [0, 0.05) is 19.1 Å². The molecule has 0 heterocycles. The van der Waals surface area contributed by atoms with Crippen molar-refractivity contribution < 1.29 is 45.4 Å². The van der Waals surface area contributed by atoms with E-state index in [1.807, 2.05) is 0 Å². The second kappa shape index (κ2) is 9.13. The van der Waals surface area contributed by atoms with Gasteiger partial charge in [0.25, 0.3) is 0 Å². The number of esters is 2. The molecule has 0 fully saturated rings. The zero-order chi connectivity index (χ0) is 25.3. The average molecular weight is 498 g/mol. The van der Waals surface area contributed by atoms with Crippen molar-refractivity contribution in [2.75, 3.05) is 20.5 Å². The molecule has 182 valence electrons. The summed E-state index contributed by atoms with van der Waals surface area (Å²) in [5.74, 6) is -2.07. The van der Waals surface area contributed by atoms with E-state index in [0.717, 1.165) is 32.6 Å². The smallest absolute Gasteiger partial charge is 0.468 e. The number of hydrogen-bond acceptors (Lipinski definition) is 7. The molecular weight excluding hydrogens is 477 g/mol. The van der Waals surface area contributed by atoms with Gasteiger partial charge in [-0.3, -0.25) is 9.59 Å². The Morgan fingerprint density at radius 1 is 0.824 bits per heavy atom. The first-order valence-corrected chi connectivity index (χ1v) is 11.8. The molecule has 1 aliphatic rings. The van der Waals surface area contributed by atoms with Gasteiger partial charge < -0.3 is 14.2 Å². The van der Waals surface area contributed by atoms with E-state index < -0.39 is 39.3 Å². The first-order chi connectivity index (χ1) is 15.8. The third kappa shape index (κ3) is 5.09. The van der Waals surface area contributed by atoms with Gasteiger partial charge in [0.1, 0.15) is 5.75 Å². The maximum atomic E-state index is 12.7. The van der Waals surface area contributed by atoms with Crippen molar-refractivity contribution in [3.8, 4) is 5.75 Å². The summed E-state index contributed by atoms with van der Waals surface area (Å²) in [5.41, 5.74) is 0.311. The third-order valence-electron chi connectivity index (χ3n) is 5.54. The molecule has 0 atom stereocenters. The summed E-state index contributed by atoms with van der Waals surface area (Å²) in [6.07, 6.45) is -4.03. The molecule has 7 nitrogen and oxygen atoms in total. The Balaban J connectivity index is 2.13. The Bertz CT molecular complexity index is 1210. The lowest BCUT2D eigenvalue weighted by atomic mass is 9.82. The molecule has 0 aliphatic heterocycles. The molecule has 0 amide bonds. The average Bonchev–Trinajstić information content (AvgIpc) is 3.19. The summed E-state index contributed by atoms with van der Waals surface area (Å²) in [6.45, 7) is 0. The van der Waals surface area contributed by atoms with Crippen LogP contribution in [0.4, 0.5) is 13.2 Å². The standard InChI is InChI=1S/C23H21F3O7S/c1-31-20(27)22(21(28)32-2)12-18(14-4-8-16(9-5-14)33-23(24,25)26)19(13-22)15-6-10-17(11-7-15)34(3,29)30/h4-11H,12-13H2,1-3H3. The summed E-state index contributed by atoms with van der Waals surface area (Å²) < 4.78 is 74.9.